The van der Waals surface area contributed by atoms with Crippen molar-refractivity contribution in [2.24, 2.45) is 17.8 Å². The van der Waals surface area contributed by atoms with Crippen LogP contribution in [-0.2, 0) is 9.47 Å². The third-order valence-electron chi connectivity index (χ3n) is 3.75. The zero-order valence-electron chi connectivity index (χ0n) is 12.4. The van der Waals surface area contributed by atoms with E-state index < -0.39 is 0 Å². The zero-order chi connectivity index (χ0) is 13.5. The van der Waals surface area contributed by atoms with E-state index >= 15 is 0 Å². The van der Waals surface area contributed by atoms with Crippen LogP contribution in [0.2, 0.25) is 0 Å². The molecule has 1 aliphatic rings. The van der Waals surface area contributed by atoms with Gasteiger partial charge < -0.3 is 14.6 Å². The fourth-order valence-corrected chi connectivity index (χ4v) is 2.51. The molecule has 0 aromatic rings. The largest absolute Gasteiger partial charge is 0.390 e. The van der Waals surface area contributed by atoms with Crippen LogP contribution in [0.3, 0.4) is 0 Å². The van der Waals surface area contributed by atoms with Crippen LogP contribution in [-0.4, -0.2) is 37.1 Å². The molecule has 0 aliphatic heterocycles. The maximum absolute atomic E-state index is 9.95. The van der Waals surface area contributed by atoms with Gasteiger partial charge in [0.2, 0.25) is 0 Å². The van der Waals surface area contributed by atoms with Crippen molar-refractivity contribution in [3.05, 3.63) is 0 Å². The molecule has 1 N–H and O–H groups in total. The van der Waals surface area contributed by atoms with Crippen LogP contribution in [0.1, 0.15) is 47.0 Å². The Morgan fingerprint density at radius 3 is 2.44 bits per heavy atom. The summed E-state index contributed by atoms with van der Waals surface area (Å²) in [6.07, 6.45) is 2.71. The average Bonchev–Trinajstić information content (AvgIpc) is 2.30. The first-order valence-electron chi connectivity index (χ1n) is 7.38. The molecule has 0 aromatic carbocycles. The Hall–Kier alpha value is -0.120. The van der Waals surface area contributed by atoms with Gasteiger partial charge in [0.15, 0.2) is 0 Å². The van der Waals surface area contributed by atoms with E-state index in [9.17, 15) is 5.11 Å². The molecule has 0 amide bonds. The minimum Gasteiger partial charge on any atom is -0.390 e. The van der Waals surface area contributed by atoms with Crippen LogP contribution in [0.4, 0.5) is 0 Å². The van der Waals surface area contributed by atoms with Gasteiger partial charge in [0, 0.05) is 6.61 Å². The van der Waals surface area contributed by atoms with E-state index in [4.69, 9.17) is 9.47 Å². The molecule has 1 saturated carbocycles. The van der Waals surface area contributed by atoms with Crippen LogP contribution >= 0.6 is 0 Å². The second-order valence-corrected chi connectivity index (χ2v) is 6.26. The van der Waals surface area contributed by atoms with Crippen LogP contribution in [0, 0.1) is 17.8 Å². The number of aliphatic hydroxyl groups excluding tert-OH is 1. The number of hydrogen-bond donors (Lipinski definition) is 1. The molecule has 1 fully saturated rings. The average molecular weight is 258 g/mol. The highest BCUT2D eigenvalue weighted by Gasteiger charge is 2.31. The summed E-state index contributed by atoms with van der Waals surface area (Å²) in [4.78, 5) is 0. The topological polar surface area (TPSA) is 38.7 Å². The summed E-state index contributed by atoms with van der Waals surface area (Å²) >= 11 is 0. The van der Waals surface area contributed by atoms with Crippen molar-refractivity contribution in [2.75, 3.05) is 19.8 Å². The Morgan fingerprint density at radius 1 is 1.11 bits per heavy atom. The zero-order valence-corrected chi connectivity index (χ0v) is 12.4. The molecule has 18 heavy (non-hydrogen) atoms. The predicted molar refractivity (Wildman–Crippen MR) is 73.6 cm³/mol. The van der Waals surface area contributed by atoms with Crippen LogP contribution in [0.25, 0.3) is 0 Å². The van der Waals surface area contributed by atoms with Crippen molar-refractivity contribution < 1.29 is 14.6 Å². The van der Waals surface area contributed by atoms with E-state index in [-0.39, 0.29) is 12.2 Å². The fraction of sp³-hybridized carbons (Fsp3) is 1.00. The summed E-state index contributed by atoms with van der Waals surface area (Å²) in [6.45, 7) is 10.8. The molecule has 3 atom stereocenters. The Labute approximate surface area is 112 Å². The minimum absolute atomic E-state index is 0.00815. The van der Waals surface area contributed by atoms with Crippen molar-refractivity contribution in [1.29, 1.82) is 0 Å². The first-order valence-corrected chi connectivity index (χ1v) is 7.38. The van der Waals surface area contributed by atoms with Crippen molar-refractivity contribution >= 4 is 0 Å². The lowest BCUT2D eigenvalue weighted by Crippen LogP contribution is -2.38. The summed E-state index contributed by atoms with van der Waals surface area (Å²) in [5, 5.41) is 9.95. The smallest absolute Gasteiger partial charge is 0.0837 e. The second-order valence-electron chi connectivity index (χ2n) is 6.26. The first kappa shape index (κ1) is 15.9. The molecule has 0 aromatic heterocycles. The van der Waals surface area contributed by atoms with Crippen molar-refractivity contribution in [3.63, 3.8) is 0 Å². The number of aliphatic hydroxyl groups is 1. The van der Waals surface area contributed by atoms with E-state index in [1.54, 1.807) is 0 Å². The van der Waals surface area contributed by atoms with Crippen LogP contribution in [0.5, 0.6) is 0 Å². The van der Waals surface area contributed by atoms with Gasteiger partial charge in [-0.25, -0.2) is 0 Å². The molecule has 3 unspecified atom stereocenters. The number of hydrogen-bond acceptors (Lipinski definition) is 3. The Balaban J connectivity index is 2.18. The van der Waals surface area contributed by atoms with Gasteiger partial charge in [0.1, 0.15) is 0 Å². The van der Waals surface area contributed by atoms with E-state index in [2.05, 4.69) is 27.7 Å². The summed E-state index contributed by atoms with van der Waals surface area (Å²) < 4.78 is 11.3. The molecular formula is C15H30O3. The lowest BCUT2D eigenvalue weighted by atomic mass is 9.79. The summed E-state index contributed by atoms with van der Waals surface area (Å²) in [6, 6.07) is 0. The van der Waals surface area contributed by atoms with Crippen molar-refractivity contribution in [2.45, 2.75) is 59.2 Å². The fourth-order valence-electron chi connectivity index (χ4n) is 2.51. The van der Waals surface area contributed by atoms with Gasteiger partial charge in [0.25, 0.3) is 0 Å². The SMILES string of the molecule is CC(C)COCCOC1CC(C(C)C)CCC1O. The molecule has 0 bridgehead atoms. The Kier molecular flexibility index (Phi) is 7.20. The molecular weight excluding hydrogens is 228 g/mol. The van der Waals surface area contributed by atoms with Gasteiger partial charge in [-0.1, -0.05) is 27.7 Å². The van der Waals surface area contributed by atoms with Crippen molar-refractivity contribution in [3.8, 4) is 0 Å². The van der Waals surface area contributed by atoms with Gasteiger partial charge in [-0.15, -0.1) is 0 Å². The Morgan fingerprint density at radius 2 is 1.83 bits per heavy atom. The van der Waals surface area contributed by atoms with E-state index in [0.717, 1.165) is 25.9 Å². The summed E-state index contributed by atoms with van der Waals surface area (Å²) in [7, 11) is 0. The van der Waals surface area contributed by atoms with Gasteiger partial charge >= 0.3 is 0 Å². The lowest BCUT2D eigenvalue weighted by molar-refractivity contribution is -0.0893. The molecule has 0 spiro atoms. The van der Waals surface area contributed by atoms with Gasteiger partial charge in [-0.2, -0.15) is 0 Å². The highest BCUT2D eigenvalue weighted by molar-refractivity contribution is 4.81. The number of rotatable bonds is 7. The molecule has 1 aliphatic carbocycles. The molecule has 0 heterocycles. The highest BCUT2D eigenvalue weighted by atomic mass is 16.5. The normalized spacial score (nSPS) is 29.2. The van der Waals surface area contributed by atoms with Crippen LogP contribution in [0.15, 0.2) is 0 Å². The third kappa shape index (κ3) is 5.68. The van der Waals surface area contributed by atoms with Gasteiger partial charge in [0.05, 0.1) is 25.4 Å². The van der Waals surface area contributed by atoms with Gasteiger partial charge in [-0.3, -0.25) is 0 Å². The van der Waals surface area contributed by atoms with Crippen LogP contribution < -0.4 is 0 Å². The first-order chi connectivity index (χ1) is 8.50. The monoisotopic (exact) mass is 258 g/mol. The molecule has 0 radical (unpaired) electrons. The molecule has 108 valence electrons. The predicted octanol–water partition coefficient (Wildman–Crippen LogP) is 2.86. The standard InChI is InChI=1S/C15H30O3/c1-11(2)10-17-7-8-18-15-9-13(12(3)4)5-6-14(15)16/h11-16H,5-10H2,1-4H3. The van der Waals surface area contributed by atoms with Gasteiger partial charge in [-0.05, 0) is 37.0 Å². The van der Waals surface area contributed by atoms with Crippen molar-refractivity contribution in [1.82, 2.24) is 0 Å². The molecule has 3 heteroatoms. The Bertz CT molecular complexity index is 216. The maximum atomic E-state index is 9.95. The minimum atomic E-state index is -0.287. The molecule has 3 nitrogen and oxygen atoms in total. The lowest BCUT2D eigenvalue weighted by Gasteiger charge is -2.35. The quantitative estimate of drug-likeness (QED) is 0.714. The van der Waals surface area contributed by atoms with E-state index in [1.807, 2.05) is 0 Å². The molecule has 0 saturated heterocycles. The molecule has 1 rings (SSSR count). The summed E-state index contributed by atoms with van der Waals surface area (Å²) in [5.74, 6) is 1.94. The second kappa shape index (κ2) is 8.13. The summed E-state index contributed by atoms with van der Waals surface area (Å²) in [5.41, 5.74) is 0. The highest BCUT2D eigenvalue weighted by Crippen LogP contribution is 2.31. The third-order valence-corrected chi connectivity index (χ3v) is 3.75. The maximum Gasteiger partial charge on any atom is 0.0837 e. The van der Waals surface area contributed by atoms with E-state index in [1.165, 1.54) is 0 Å². The van der Waals surface area contributed by atoms with E-state index in [0.29, 0.717) is 31.0 Å². The number of ether oxygens (including phenoxy) is 2.